The fourth-order valence-corrected chi connectivity index (χ4v) is 18.1. The fourth-order valence-electron chi connectivity index (χ4n) is 18.1. The Morgan fingerprint density at radius 2 is 0.352 bits per heavy atom. The maximum atomic E-state index is 4.12. The third kappa shape index (κ3) is 14.7. The first-order valence-corrected chi connectivity index (χ1v) is 42.8. The molecule has 0 aliphatic rings. The molecule has 3 aromatic heterocycles. The van der Waals surface area contributed by atoms with Crippen LogP contribution in [0.5, 0.6) is 0 Å². The van der Waals surface area contributed by atoms with Crippen LogP contribution in [0.4, 0.5) is 34.1 Å². The van der Waals surface area contributed by atoms with Crippen molar-refractivity contribution in [3.8, 4) is 95.0 Å². The van der Waals surface area contributed by atoms with E-state index in [9.17, 15) is 0 Å². The van der Waals surface area contributed by atoms with Crippen molar-refractivity contribution in [2.24, 2.45) is 0 Å². The van der Waals surface area contributed by atoms with Gasteiger partial charge in [-0.25, -0.2) is 0 Å². The van der Waals surface area contributed by atoms with Gasteiger partial charge in [0.05, 0.1) is 33.1 Å². The Morgan fingerprint density at radius 3 is 0.616 bits per heavy atom. The van der Waals surface area contributed by atoms with Crippen LogP contribution in [0.2, 0.25) is 0 Å². The van der Waals surface area contributed by atoms with E-state index in [1.807, 2.05) is 13.8 Å². The van der Waals surface area contributed by atoms with Crippen LogP contribution in [0, 0.1) is 0 Å². The van der Waals surface area contributed by atoms with Gasteiger partial charge >= 0.3 is 0 Å². The summed E-state index contributed by atoms with van der Waals surface area (Å²) in [5.74, 6) is 0. The highest BCUT2D eigenvalue weighted by Crippen LogP contribution is 2.45. The Bertz CT molecular complexity index is 7420. The maximum Gasteiger partial charge on any atom is 0.0541 e. The lowest BCUT2D eigenvalue weighted by Crippen LogP contribution is -2.09. The van der Waals surface area contributed by atoms with E-state index in [4.69, 9.17) is 0 Å². The summed E-state index contributed by atoms with van der Waals surface area (Å²) in [5.41, 5.74) is 38.4. The molecule has 0 spiro atoms. The van der Waals surface area contributed by atoms with Gasteiger partial charge in [0.2, 0.25) is 0 Å². The van der Waals surface area contributed by atoms with E-state index in [0.29, 0.717) is 0 Å². The lowest BCUT2D eigenvalue weighted by atomic mass is 9.98. The van der Waals surface area contributed by atoms with Crippen LogP contribution in [0.25, 0.3) is 172 Å². The van der Waals surface area contributed by atoms with Gasteiger partial charge in [0, 0.05) is 83.5 Å². The molecule has 22 aromatic rings. The van der Waals surface area contributed by atoms with E-state index in [1.165, 1.54) is 143 Å². The van der Waals surface area contributed by atoms with Crippen LogP contribution < -0.4 is 9.80 Å². The lowest BCUT2D eigenvalue weighted by Gasteiger charge is -2.26. The average Bonchev–Trinajstić information content (AvgIpc) is 1.60. The molecule has 125 heavy (non-hydrogen) atoms. The molecule has 0 saturated carbocycles. The molecule has 3 heterocycles. The molecule has 0 amide bonds. The van der Waals surface area contributed by atoms with Gasteiger partial charge in [0.1, 0.15) is 0 Å². The summed E-state index contributed by atoms with van der Waals surface area (Å²) in [6.45, 7) is 12.3. The van der Waals surface area contributed by atoms with E-state index in [0.717, 1.165) is 73.5 Å². The molecule has 0 N–H and O–H groups in total. The molecular formula is C120H87N5. The number of anilines is 6. The molecular weight excluding hydrogens is 1510 g/mol. The highest BCUT2D eigenvalue weighted by molar-refractivity contribution is 6.13. The predicted octanol–water partition coefficient (Wildman–Crippen LogP) is 33.3. The van der Waals surface area contributed by atoms with Crippen molar-refractivity contribution in [2.75, 3.05) is 9.80 Å². The minimum Gasteiger partial charge on any atom is -0.311 e. The van der Waals surface area contributed by atoms with Crippen molar-refractivity contribution in [1.29, 1.82) is 0 Å². The molecule has 22 rings (SSSR count). The van der Waals surface area contributed by atoms with Gasteiger partial charge in [-0.1, -0.05) is 328 Å². The van der Waals surface area contributed by atoms with E-state index in [2.05, 4.69) is 504 Å². The zero-order valence-electron chi connectivity index (χ0n) is 69.6. The summed E-state index contributed by atoms with van der Waals surface area (Å²) in [5, 5.41) is 7.48. The Balaban J connectivity index is 0.000000154. The quantitative estimate of drug-likeness (QED) is 0.0854. The molecule has 0 aliphatic carbocycles. The number of hydrogen-bond donors (Lipinski definition) is 0. The number of allylic oxidation sites excluding steroid dienone is 2. The second kappa shape index (κ2) is 33.0. The zero-order chi connectivity index (χ0) is 83.9. The SMILES string of the molecule is C=C(C)c1ccc(-c2ccc(N(c3ccc(-c4ccc5c(c4)c4ccccc4n5-c4ccccc4)cc3)c3ccc(-c4ccc5c(c4)c4ccccc4n5-c4ccccc4)cc3)cc2)cc1.C=C(C)c1ccc(-n2c3ccccc3c3cc(-c4ccc(-c5ccc(N(c6ccc(-c7ccccc7)cc6)c6ccc(-c7ccccc7)cc6)cc5)cc4)ccc32)cc1. The molecule has 19 aromatic carbocycles. The Labute approximate surface area is 729 Å². The summed E-state index contributed by atoms with van der Waals surface area (Å²) in [7, 11) is 0. The first-order valence-electron chi connectivity index (χ1n) is 42.8. The van der Waals surface area contributed by atoms with Crippen LogP contribution >= 0.6 is 0 Å². The van der Waals surface area contributed by atoms with Gasteiger partial charge in [-0.2, -0.15) is 0 Å². The number of benzene rings is 19. The minimum atomic E-state index is 1.07. The smallest absolute Gasteiger partial charge is 0.0541 e. The molecule has 0 fully saturated rings. The van der Waals surface area contributed by atoms with Crippen molar-refractivity contribution in [1.82, 2.24) is 13.7 Å². The van der Waals surface area contributed by atoms with E-state index in [-0.39, 0.29) is 0 Å². The third-order valence-corrected chi connectivity index (χ3v) is 24.6. The molecule has 0 unspecified atom stereocenters. The van der Waals surface area contributed by atoms with Crippen LogP contribution in [-0.4, -0.2) is 13.7 Å². The summed E-state index contributed by atoms with van der Waals surface area (Å²) < 4.78 is 7.10. The molecule has 5 heteroatoms. The minimum absolute atomic E-state index is 1.07. The molecule has 592 valence electrons. The number of nitrogens with zero attached hydrogens (tertiary/aromatic N) is 5. The van der Waals surface area contributed by atoms with Crippen LogP contribution in [0.15, 0.2) is 480 Å². The van der Waals surface area contributed by atoms with E-state index < -0.39 is 0 Å². The van der Waals surface area contributed by atoms with Gasteiger partial charge in [-0.05, 0) is 267 Å². The van der Waals surface area contributed by atoms with Crippen LogP contribution in [0.1, 0.15) is 25.0 Å². The Morgan fingerprint density at radius 1 is 0.168 bits per heavy atom. The summed E-state index contributed by atoms with van der Waals surface area (Å²) in [6.07, 6.45) is 0. The van der Waals surface area contributed by atoms with E-state index in [1.54, 1.807) is 0 Å². The van der Waals surface area contributed by atoms with Crippen molar-refractivity contribution >= 4 is 111 Å². The highest BCUT2D eigenvalue weighted by Gasteiger charge is 2.22. The van der Waals surface area contributed by atoms with Crippen molar-refractivity contribution in [2.45, 2.75) is 13.8 Å². The van der Waals surface area contributed by atoms with Crippen molar-refractivity contribution < 1.29 is 0 Å². The predicted molar refractivity (Wildman–Crippen MR) is 533 cm³/mol. The van der Waals surface area contributed by atoms with Gasteiger partial charge in [-0.3, -0.25) is 0 Å². The number of para-hydroxylation sites is 5. The number of aromatic nitrogens is 3. The molecule has 0 aliphatic heterocycles. The van der Waals surface area contributed by atoms with Crippen molar-refractivity contribution in [3.05, 3.63) is 491 Å². The molecule has 0 bridgehead atoms. The zero-order valence-corrected chi connectivity index (χ0v) is 69.6. The average molecular weight is 1600 g/mol. The van der Waals surface area contributed by atoms with Gasteiger partial charge in [0.15, 0.2) is 0 Å². The number of rotatable bonds is 18. The van der Waals surface area contributed by atoms with Gasteiger partial charge in [0.25, 0.3) is 0 Å². The standard InChI is InChI=1S/C63H45N3.C57H42N2/c1-43(2)44-21-23-45(24-22-44)46-25-33-53(34-26-46)64(54-35-27-47(28-36-54)49-31-39-62-58(41-49)56-17-9-11-19-60(56)65(62)51-13-5-3-6-14-51)55-37-29-48(30-38-55)50-32-40-63-59(42-50)57-18-10-12-20-61(57)66(63)52-15-7-4-8-16-52;1-40(2)41-21-30-53(31-22-41)59-56-16-10-9-15-54(56)55-39-49(29-38-57(55)59)48-19-17-44(18-20-48)47-27-36-52(37-28-47)58(50-32-23-45(24-33-50)42-11-5-3-6-12-42)51-34-25-46(26-35-51)43-13-7-4-8-14-43/h3-42H,1H2,2H3;3-39H,1H2,2H3. The second-order valence-electron chi connectivity index (χ2n) is 32.4. The third-order valence-electron chi connectivity index (χ3n) is 24.6. The van der Waals surface area contributed by atoms with E-state index >= 15 is 0 Å². The topological polar surface area (TPSA) is 21.3 Å². The monoisotopic (exact) mass is 1600 g/mol. The second-order valence-corrected chi connectivity index (χ2v) is 32.4. The fraction of sp³-hybridized carbons (Fsp3) is 0.0167. The van der Waals surface area contributed by atoms with Gasteiger partial charge < -0.3 is 23.5 Å². The number of hydrogen-bond acceptors (Lipinski definition) is 2. The highest BCUT2D eigenvalue weighted by atomic mass is 15.1. The van der Waals surface area contributed by atoms with Crippen LogP contribution in [-0.2, 0) is 0 Å². The normalized spacial score (nSPS) is 11.3. The number of fused-ring (bicyclic) bond motifs is 9. The maximum absolute atomic E-state index is 4.12. The summed E-state index contributed by atoms with van der Waals surface area (Å²) >= 11 is 0. The summed E-state index contributed by atoms with van der Waals surface area (Å²) in [6, 6.07) is 169. The first-order chi connectivity index (χ1) is 61.6. The lowest BCUT2D eigenvalue weighted by molar-refractivity contribution is 1.18. The Kier molecular flexibility index (Phi) is 20.1. The van der Waals surface area contributed by atoms with Crippen molar-refractivity contribution in [3.63, 3.8) is 0 Å². The Hall–Kier alpha value is -16.3. The summed E-state index contributed by atoms with van der Waals surface area (Å²) in [4.78, 5) is 4.69. The van der Waals surface area contributed by atoms with Crippen LogP contribution in [0.3, 0.4) is 0 Å². The largest absolute Gasteiger partial charge is 0.311 e. The van der Waals surface area contributed by atoms with Gasteiger partial charge in [-0.15, -0.1) is 0 Å². The first kappa shape index (κ1) is 76.1. The molecule has 0 atom stereocenters. The molecule has 5 nitrogen and oxygen atoms in total. The molecule has 0 radical (unpaired) electrons. The molecule has 0 saturated heterocycles.